The predicted molar refractivity (Wildman–Crippen MR) is 103 cm³/mol. The molecule has 0 spiro atoms. The van der Waals surface area contributed by atoms with Crippen molar-refractivity contribution in [1.82, 2.24) is 19.9 Å². The van der Waals surface area contributed by atoms with Crippen LogP contribution in [0.4, 0.5) is 30.8 Å². The molecule has 0 radical (unpaired) electrons. The van der Waals surface area contributed by atoms with Gasteiger partial charge in [0.05, 0.1) is 0 Å². The molecule has 0 aliphatic heterocycles. The number of carboxylic acids is 1. The maximum absolute atomic E-state index is 12.8. The molecule has 2 N–H and O–H groups in total. The molecule has 0 bridgehead atoms. The van der Waals surface area contributed by atoms with Gasteiger partial charge in [-0.1, -0.05) is 6.07 Å². The molecule has 30 heavy (non-hydrogen) atoms. The Labute approximate surface area is 169 Å². The topological polar surface area (TPSA) is 104 Å². The first-order valence-corrected chi connectivity index (χ1v) is 8.66. The minimum Gasteiger partial charge on any atom is -0.480 e. The zero-order chi connectivity index (χ0) is 21.9. The molecule has 0 unspecified atom stereocenters. The van der Waals surface area contributed by atoms with Crippen LogP contribution in [0.3, 0.4) is 0 Å². The minimum atomic E-state index is -4.57. The lowest BCUT2D eigenvalue weighted by Crippen LogP contribution is -2.26. The molecule has 2 aromatic heterocycles. The van der Waals surface area contributed by atoms with Gasteiger partial charge in [-0.05, 0) is 36.2 Å². The summed E-state index contributed by atoms with van der Waals surface area (Å²) in [5.74, 6) is -0.927. The average Bonchev–Trinajstić information content (AvgIpc) is 2.67. The highest BCUT2D eigenvalue weighted by Gasteiger charge is 2.32. The van der Waals surface area contributed by atoms with Gasteiger partial charge in [-0.15, -0.1) is 0 Å². The number of carbonyl (C=O) groups is 1. The number of benzene rings is 1. The summed E-state index contributed by atoms with van der Waals surface area (Å²) in [6.45, 7) is 1.59. The van der Waals surface area contributed by atoms with Crippen molar-refractivity contribution in [3.05, 3.63) is 54.1 Å². The number of hydrogen-bond acceptors (Lipinski definition) is 7. The SMILES string of the molecule is Cc1cc(Nc2nccc(C(F)(F)F)n2)cc(-c2cnc(N(C)CC(=O)O)nc2)c1. The molecule has 0 saturated carbocycles. The summed E-state index contributed by atoms with van der Waals surface area (Å²) in [6.07, 6.45) is -0.445. The number of nitrogens with one attached hydrogen (secondary N) is 1. The number of aromatic nitrogens is 4. The van der Waals surface area contributed by atoms with Crippen LogP contribution in [0.5, 0.6) is 0 Å². The number of aliphatic carboxylic acids is 1. The van der Waals surface area contributed by atoms with Crippen LogP contribution in [0.25, 0.3) is 11.1 Å². The van der Waals surface area contributed by atoms with Crippen molar-refractivity contribution in [2.24, 2.45) is 0 Å². The normalized spacial score (nSPS) is 11.2. The molecule has 3 rings (SSSR count). The van der Waals surface area contributed by atoms with Crippen LogP contribution in [-0.2, 0) is 11.0 Å². The Bertz CT molecular complexity index is 1060. The Morgan fingerprint density at radius 3 is 2.47 bits per heavy atom. The molecule has 0 saturated heterocycles. The van der Waals surface area contributed by atoms with Crippen molar-refractivity contribution in [2.75, 3.05) is 23.8 Å². The molecule has 1 aromatic carbocycles. The average molecular weight is 418 g/mol. The van der Waals surface area contributed by atoms with Crippen molar-refractivity contribution >= 4 is 23.6 Å². The number of likely N-dealkylation sites (N-methyl/N-ethyl adjacent to an activating group) is 1. The number of halogens is 3. The quantitative estimate of drug-likeness (QED) is 0.627. The molecule has 0 aliphatic carbocycles. The number of alkyl halides is 3. The van der Waals surface area contributed by atoms with E-state index in [1.165, 1.54) is 4.90 Å². The Morgan fingerprint density at radius 1 is 1.13 bits per heavy atom. The van der Waals surface area contributed by atoms with Gasteiger partial charge in [0.15, 0.2) is 0 Å². The maximum atomic E-state index is 12.8. The fraction of sp³-hybridized carbons (Fsp3) is 0.211. The van der Waals surface area contributed by atoms with Gasteiger partial charge in [0.2, 0.25) is 11.9 Å². The molecule has 0 amide bonds. The van der Waals surface area contributed by atoms with E-state index in [0.717, 1.165) is 23.4 Å². The van der Waals surface area contributed by atoms with Crippen LogP contribution < -0.4 is 10.2 Å². The fourth-order valence-electron chi connectivity index (χ4n) is 2.67. The molecule has 2 heterocycles. The summed E-state index contributed by atoms with van der Waals surface area (Å²) in [5, 5.41) is 11.6. The van der Waals surface area contributed by atoms with Crippen LogP contribution >= 0.6 is 0 Å². The molecule has 156 valence electrons. The van der Waals surface area contributed by atoms with E-state index >= 15 is 0 Å². The number of hydrogen-bond donors (Lipinski definition) is 2. The van der Waals surface area contributed by atoms with Crippen molar-refractivity contribution in [1.29, 1.82) is 0 Å². The van der Waals surface area contributed by atoms with Crippen LogP contribution in [0, 0.1) is 6.92 Å². The number of rotatable bonds is 6. The Balaban J connectivity index is 1.85. The molecule has 11 heteroatoms. The lowest BCUT2D eigenvalue weighted by Gasteiger charge is -2.14. The Hall–Kier alpha value is -3.76. The highest BCUT2D eigenvalue weighted by atomic mass is 19.4. The van der Waals surface area contributed by atoms with Gasteiger partial charge in [0.1, 0.15) is 12.2 Å². The third-order valence-corrected chi connectivity index (χ3v) is 3.96. The molecule has 8 nitrogen and oxygen atoms in total. The number of anilines is 3. The summed E-state index contributed by atoms with van der Waals surface area (Å²) in [5.41, 5.74) is 1.67. The summed E-state index contributed by atoms with van der Waals surface area (Å²) < 4.78 is 38.5. The van der Waals surface area contributed by atoms with Crippen molar-refractivity contribution in [3.8, 4) is 11.1 Å². The largest absolute Gasteiger partial charge is 0.480 e. The number of carboxylic acid groups (broad SMARTS) is 1. The van der Waals surface area contributed by atoms with Crippen molar-refractivity contribution < 1.29 is 23.1 Å². The first kappa shape index (κ1) is 21.0. The lowest BCUT2D eigenvalue weighted by atomic mass is 10.1. The van der Waals surface area contributed by atoms with E-state index in [2.05, 4.69) is 25.3 Å². The van der Waals surface area contributed by atoms with Gasteiger partial charge < -0.3 is 15.3 Å². The van der Waals surface area contributed by atoms with Crippen LogP contribution in [-0.4, -0.2) is 44.6 Å². The third-order valence-electron chi connectivity index (χ3n) is 3.96. The summed E-state index contributed by atoms with van der Waals surface area (Å²) in [7, 11) is 1.56. The smallest absolute Gasteiger partial charge is 0.433 e. The molecule has 0 atom stereocenters. The molecule has 0 fully saturated rings. The number of aryl methyl sites for hydroxylation is 1. The Morgan fingerprint density at radius 2 is 1.83 bits per heavy atom. The third kappa shape index (κ3) is 5.19. The molecular formula is C19H17F3N6O2. The van der Waals surface area contributed by atoms with Crippen LogP contribution in [0.2, 0.25) is 0 Å². The first-order chi connectivity index (χ1) is 14.1. The maximum Gasteiger partial charge on any atom is 0.433 e. The first-order valence-electron chi connectivity index (χ1n) is 8.66. The molecule has 0 aliphatic rings. The second kappa shape index (κ2) is 8.31. The van der Waals surface area contributed by atoms with E-state index in [-0.39, 0.29) is 18.4 Å². The van der Waals surface area contributed by atoms with Gasteiger partial charge >= 0.3 is 12.1 Å². The van der Waals surface area contributed by atoms with E-state index in [0.29, 0.717) is 11.3 Å². The fourth-order valence-corrected chi connectivity index (χ4v) is 2.67. The van der Waals surface area contributed by atoms with E-state index in [4.69, 9.17) is 5.11 Å². The van der Waals surface area contributed by atoms with Gasteiger partial charge in [-0.2, -0.15) is 13.2 Å². The predicted octanol–water partition coefficient (Wildman–Crippen LogP) is 3.53. The molecule has 3 aromatic rings. The summed E-state index contributed by atoms with van der Waals surface area (Å²) in [4.78, 5) is 27.9. The summed E-state index contributed by atoms with van der Waals surface area (Å²) in [6, 6.07) is 6.10. The van der Waals surface area contributed by atoms with Crippen molar-refractivity contribution in [2.45, 2.75) is 13.1 Å². The van der Waals surface area contributed by atoms with E-state index in [1.54, 1.807) is 31.6 Å². The zero-order valence-corrected chi connectivity index (χ0v) is 16.0. The van der Waals surface area contributed by atoms with Gasteiger partial charge in [0.25, 0.3) is 0 Å². The van der Waals surface area contributed by atoms with Gasteiger partial charge in [-0.25, -0.2) is 19.9 Å². The highest BCUT2D eigenvalue weighted by molar-refractivity contribution is 5.73. The zero-order valence-electron chi connectivity index (χ0n) is 16.0. The van der Waals surface area contributed by atoms with Crippen molar-refractivity contribution in [3.63, 3.8) is 0 Å². The van der Waals surface area contributed by atoms with Gasteiger partial charge in [0, 0.05) is 36.9 Å². The van der Waals surface area contributed by atoms with E-state index in [1.807, 2.05) is 13.0 Å². The van der Waals surface area contributed by atoms with Gasteiger partial charge in [-0.3, -0.25) is 4.79 Å². The van der Waals surface area contributed by atoms with E-state index in [9.17, 15) is 18.0 Å². The monoisotopic (exact) mass is 418 g/mol. The minimum absolute atomic E-state index is 0.178. The molecular weight excluding hydrogens is 401 g/mol. The summed E-state index contributed by atoms with van der Waals surface area (Å²) >= 11 is 0. The highest BCUT2D eigenvalue weighted by Crippen LogP contribution is 2.29. The van der Waals surface area contributed by atoms with E-state index < -0.39 is 17.8 Å². The van der Waals surface area contributed by atoms with Crippen LogP contribution in [0.1, 0.15) is 11.3 Å². The van der Waals surface area contributed by atoms with Crippen LogP contribution in [0.15, 0.2) is 42.9 Å². The lowest BCUT2D eigenvalue weighted by molar-refractivity contribution is -0.141. The Kier molecular flexibility index (Phi) is 5.81. The number of nitrogens with zero attached hydrogens (tertiary/aromatic N) is 5. The second-order valence-electron chi connectivity index (χ2n) is 6.50. The second-order valence-corrected chi connectivity index (χ2v) is 6.50. The standard InChI is InChI=1S/C19H17F3N6O2/c1-11-5-12(13-8-24-18(25-9-13)28(2)10-16(29)30)7-14(6-11)26-17-23-4-3-15(27-17)19(20,21)22/h3-9H,10H2,1-2H3,(H,29,30)(H,23,26,27).